The molecule has 21 heavy (non-hydrogen) atoms. The number of halogens is 1. The Morgan fingerprint density at radius 1 is 1.14 bits per heavy atom. The summed E-state index contributed by atoms with van der Waals surface area (Å²) in [6.45, 7) is 1.60. The van der Waals surface area contributed by atoms with Crippen LogP contribution in [0.3, 0.4) is 0 Å². The highest BCUT2D eigenvalue weighted by Crippen LogP contribution is 2.62. The number of hydrogen-bond acceptors (Lipinski definition) is 2. The van der Waals surface area contributed by atoms with Crippen molar-refractivity contribution in [2.45, 2.75) is 50.9 Å². The maximum Gasteiger partial charge on any atom is 0.160 e. The molecule has 2 nitrogen and oxygen atoms in total. The van der Waals surface area contributed by atoms with E-state index in [0.717, 1.165) is 27.8 Å². The molecule has 4 fully saturated rings. The summed E-state index contributed by atoms with van der Waals surface area (Å²) < 4.78 is 0.844. The molecule has 0 radical (unpaired) electrons. The largest absolute Gasteiger partial charge is 0.508 e. The fourth-order valence-corrected chi connectivity index (χ4v) is 6.79. The molecule has 1 N–H and O–H groups in total. The summed E-state index contributed by atoms with van der Waals surface area (Å²) in [6.07, 6.45) is 7.70. The van der Waals surface area contributed by atoms with E-state index in [2.05, 4.69) is 15.9 Å². The van der Waals surface area contributed by atoms with E-state index in [1.54, 1.807) is 19.1 Å². The van der Waals surface area contributed by atoms with Gasteiger partial charge in [-0.3, -0.25) is 4.79 Å². The SMILES string of the molecule is CC(=O)c1ccc(O)c(C23CC4CC(CC(C4)C2)C3)c1Br. The maximum atomic E-state index is 11.8. The third kappa shape index (κ3) is 2.00. The van der Waals surface area contributed by atoms with Crippen LogP contribution in [-0.4, -0.2) is 10.9 Å². The van der Waals surface area contributed by atoms with Gasteiger partial charge in [0.05, 0.1) is 0 Å². The van der Waals surface area contributed by atoms with Gasteiger partial charge in [0.25, 0.3) is 0 Å². The van der Waals surface area contributed by atoms with E-state index in [1.165, 1.54) is 38.5 Å². The highest BCUT2D eigenvalue weighted by Gasteiger charge is 2.53. The molecule has 0 amide bonds. The van der Waals surface area contributed by atoms with Gasteiger partial charge in [-0.2, -0.15) is 0 Å². The Morgan fingerprint density at radius 2 is 1.67 bits per heavy atom. The Labute approximate surface area is 134 Å². The fourth-order valence-electron chi connectivity index (χ4n) is 5.76. The Morgan fingerprint density at radius 3 is 2.14 bits per heavy atom. The number of phenols is 1. The van der Waals surface area contributed by atoms with Crippen molar-refractivity contribution in [3.05, 3.63) is 27.7 Å². The average molecular weight is 349 g/mol. The highest BCUT2D eigenvalue weighted by atomic mass is 79.9. The van der Waals surface area contributed by atoms with Crippen LogP contribution in [0.25, 0.3) is 0 Å². The zero-order chi connectivity index (χ0) is 14.8. The molecule has 1 aromatic rings. The lowest BCUT2D eigenvalue weighted by Crippen LogP contribution is -2.48. The van der Waals surface area contributed by atoms with Gasteiger partial charge in [-0.05, 0) is 91.3 Å². The van der Waals surface area contributed by atoms with Gasteiger partial charge in [0.15, 0.2) is 5.78 Å². The number of rotatable bonds is 2. The first-order chi connectivity index (χ1) is 9.98. The van der Waals surface area contributed by atoms with Crippen LogP contribution in [0.1, 0.15) is 61.4 Å². The molecule has 0 saturated heterocycles. The summed E-state index contributed by atoms with van der Waals surface area (Å²) in [5, 5.41) is 10.5. The summed E-state index contributed by atoms with van der Waals surface area (Å²) in [7, 11) is 0. The van der Waals surface area contributed by atoms with Gasteiger partial charge in [-0.1, -0.05) is 0 Å². The summed E-state index contributed by atoms with van der Waals surface area (Å²) >= 11 is 3.64. The molecule has 0 aliphatic heterocycles. The summed E-state index contributed by atoms with van der Waals surface area (Å²) in [5.41, 5.74) is 1.83. The smallest absolute Gasteiger partial charge is 0.160 e. The van der Waals surface area contributed by atoms with E-state index in [9.17, 15) is 9.90 Å². The van der Waals surface area contributed by atoms with E-state index < -0.39 is 0 Å². The second-order valence-corrected chi connectivity index (χ2v) is 8.37. The Hall–Kier alpha value is -0.830. The zero-order valence-corrected chi connectivity index (χ0v) is 13.9. The van der Waals surface area contributed by atoms with Crippen molar-refractivity contribution in [2.24, 2.45) is 17.8 Å². The van der Waals surface area contributed by atoms with E-state index in [-0.39, 0.29) is 11.2 Å². The summed E-state index contributed by atoms with van der Waals surface area (Å²) in [6, 6.07) is 3.46. The van der Waals surface area contributed by atoms with Gasteiger partial charge < -0.3 is 5.11 Å². The first-order valence-corrected chi connectivity index (χ1v) is 8.81. The molecular formula is C18H21BrO2. The molecular weight excluding hydrogens is 328 g/mol. The Kier molecular flexibility index (Phi) is 3.01. The highest BCUT2D eigenvalue weighted by molar-refractivity contribution is 9.10. The van der Waals surface area contributed by atoms with Crippen LogP contribution >= 0.6 is 15.9 Å². The first kappa shape index (κ1) is 13.8. The molecule has 112 valence electrons. The van der Waals surface area contributed by atoms with Gasteiger partial charge in [-0.15, -0.1) is 0 Å². The van der Waals surface area contributed by atoms with Crippen molar-refractivity contribution >= 4 is 21.7 Å². The predicted octanol–water partition coefficient (Wildman–Crippen LogP) is 4.83. The molecule has 4 aliphatic rings. The van der Waals surface area contributed by atoms with Crippen LogP contribution in [0.15, 0.2) is 16.6 Å². The molecule has 4 aliphatic carbocycles. The molecule has 0 heterocycles. The minimum absolute atomic E-state index is 0.0628. The monoisotopic (exact) mass is 348 g/mol. The van der Waals surface area contributed by atoms with Crippen molar-refractivity contribution in [3.8, 4) is 5.75 Å². The summed E-state index contributed by atoms with van der Waals surface area (Å²) in [4.78, 5) is 11.8. The Balaban J connectivity index is 1.86. The molecule has 4 saturated carbocycles. The minimum atomic E-state index is 0.0628. The Bertz CT molecular complexity index is 585. The molecule has 1 aromatic carbocycles. The van der Waals surface area contributed by atoms with Crippen molar-refractivity contribution in [1.29, 1.82) is 0 Å². The topological polar surface area (TPSA) is 37.3 Å². The van der Waals surface area contributed by atoms with E-state index in [4.69, 9.17) is 0 Å². The average Bonchev–Trinajstić information content (AvgIpc) is 2.35. The van der Waals surface area contributed by atoms with E-state index in [0.29, 0.717) is 11.3 Å². The van der Waals surface area contributed by atoms with Crippen LogP contribution in [0.2, 0.25) is 0 Å². The van der Waals surface area contributed by atoms with Crippen molar-refractivity contribution in [3.63, 3.8) is 0 Å². The van der Waals surface area contributed by atoms with Gasteiger partial charge in [0.2, 0.25) is 0 Å². The van der Waals surface area contributed by atoms with Gasteiger partial charge in [0.1, 0.15) is 5.75 Å². The lowest BCUT2D eigenvalue weighted by molar-refractivity contribution is -0.00649. The third-order valence-corrected chi connectivity index (χ3v) is 6.89. The second-order valence-electron chi connectivity index (χ2n) is 7.58. The minimum Gasteiger partial charge on any atom is -0.508 e. The lowest BCUT2D eigenvalue weighted by atomic mass is 9.48. The van der Waals surface area contributed by atoms with E-state index >= 15 is 0 Å². The van der Waals surface area contributed by atoms with Crippen LogP contribution in [0.4, 0.5) is 0 Å². The molecule has 0 unspecified atom stereocenters. The standard InChI is InChI=1S/C18H21BrO2/c1-10(20)14-2-3-15(21)16(17(14)19)18-7-11-4-12(8-18)6-13(5-11)9-18/h2-3,11-13,21H,4-9H2,1H3. The van der Waals surface area contributed by atoms with Crippen LogP contribution in [0, 0.1) is 17.8 Å². The number of benzene rings is 1. The number of carbonyl (C=O) groups excluding carboxylic acids is 1. The van der Waals surface area contributed by atoms with E-state index in [1.807, 2.05) is 0 Å². The van der Waals surface area contributed by atoms with Crippen molar-refractivity contribution in [2.75, 3.05) is 0 Å². The maximum absolute atomic E-state index is 11.8. The van der Waals surface area contributed by atoms with Crippen LogP contribution in [0.5, 0.6) is 5.75 Å². The van der Waals surface area contributed by atoms with Crippen molar-refractivity contribution in [1.82, 2.24) is 0 Å². The molecule has 0 spiro atoms. The molecule has 0 atom stereocenters. The number of aromatic hydroxyl groups is 1. The number of hydrogen-bond donors (Lipinski definition) is 1. The van der Waals surface area contributed by atoms with Gasteiger partial charge in [0, 0.05) is 21.0 Å². The van der Waals surface area contributed by atoms with Gasteiger partial charge in [-0.25, -0.2) is 0 Å². The van der Waals surface area contributed by atoms with Crippen LogP contribution < -0.4 is 0 Å². The third-order valence-electron chi connectivity index (χ3n) is 6.07. The predicted molar refractivity (Wildman–Crippen MR) is 85.7 cm³/mol. The molecule has 0 aromatic heterocycles. The number of Topliss-reactive ketones (excluding diaryl/α,β-unsaturated/α-hetero) is 1. The zero-order valence-electron chi connectivity index (χ0n) is 12.4. The normalized spacial score (nSPS) is 37.0. The summed E-state index contributed by atoms with van der Waals surface area (Å²) in [5.74, 6) is 2.90. The molecule has 5 rings (SSSR count). The first-order valence-electron chi connectivity index (χ1n) is 8.01. The molecule has 3 heteroatoms. The fraction of sp³-hybridized carbons (Fsp3) is 0.611. The van der Waals surface area contributed by atoms with Gasteiger partial charge >= 0.3 is 0 Å². The van der Waals surface area contributed by atoms with Crippen LogP contribution in [-0.2, 0) is 5.41 Å². The number of carbonyl (C=O) groups is 1. The number of ketones is 1. The van der Waals surface area contributed by atoms with Crippen molar-refractivity contribution < 1.29 is 9.90 Å². The second kappa shape index (κ2) is 4.58. The molecule has 4 bridgehead atoms. The lowest BCUT2D eigenvalue weighted by Gasteiger charge is -2.57. The quantitative estimate of drug-likeness (QED) is 0.777. The number of phenolic OH excluding ortho intramolecular Hbond substituents is 1.